The summed E-state index contributed by atoms with van der Waals surface area (Å²) in [5, 5.41) is 1.33. The van der Waals surface area contributed by atoms with E-state index in [-0.39, 0.29) is 0 Å². The van der Waals surface area contributed by atoms with Crippen LogP contribution in [0.25, 0.3) is 10.9 Å². The molecule has 0 atom stereocenters. The normalized spacial score (nSPS) is 16.0. The summed E-state index contributed by atoms with van der Waals surface area (Å²) in [5.41, 5.74) is 3.88. The topological polar surface area (TPSA) is 31.4 Å². The summed E-state index contributed by atoms with van der Waals surface area (Å²) in [6.07, 6.45) is 3.31. The van der Waals surface area contributed by atoms with E-state index in [1.807, 2.05) is 11.8 Å². The number of aromatic nitrogens is 1. The smallest absolute Gasteiger partial charge is 0.0987 e. The summed E-state index contributed by atoms with van der Waals surface area (Å²) in [6, 6.07) is 19.3. The average Bonchev–Trinajstić information content (AvgIpc) is 3.23. The Hall–Kier alpha value is -2.20. The molecule has 1 fully saturated rings. The third-order valence-corrected chi connectivity index (χ3v) is 6.06. The number of hydrogen-bond donors (Lipinski definition) is 1. The standard InChI is InChI=1S/C22H25N3S/c1-25-14-7-12-21(25)23-13-15-26-22-18-10-5-6-11-19(18)24-20(22)16-17-8-3-2-4-9-17/h2-6,8-11,24H,7,12-16H2,1H3/b23-21+. The number of para-hydroxylation sites is 1. The lowest BCUT2D eigenvalue weighted by atomic mass is 10.1. The minimum atomic E-state index is 0.884. The lowest BCUT2D eigenvalue weighted by molar-refractivity contribution is 0.548. The fourth-order valence-electron chi connectivity index (χ4n) is 3.58. The monoisotopic (exact) mass is 363 g/mol. The van der Waals surface area contributed by atoms with Crippen molar-refractivity contribution in [2.45, 2.75) is 24.2 Å². The minimum Gasteiger partial charge on any atom is -0.363 e. The van der Waals surface area contributed by atoms with Gasteiger partial charge in [0, 0.05) is 53.7 Å². The van der Waals surface area contributed by atoms with Crippen molar-refractivity contribution in [1.29, 1.82) is 0 Å². The highest BCUT2D eigenvalue weighted by molar-refractivity contribution is 7.99. The highest BCUT2D eigenvalue weighted by Gasteiger charge is 2.14. The predicted octanol–water partition coefficient (Wildman–Crippen LogP) is 4.97. The third-order valence-electron chi connectivity index (χ3n) is 4.92. The summed E-state index contributed by atoms with van der Waals surface area (Å²) in [7, 11) is 2.15. The first-order chi connectivity index (χ1) is 12.8. The van der Waals surface area contributed by atoms with E-state index < -0.39 is 0 Å². The maximum Gasteiger partial charge on any atom is 0.0987 e. The largest absolute Gasteiger partial charge is 0.363 e. The van der Waals surface area contributed by atoms with Gasteiger partial charge in [-0.25, -0.2) is 0 Å². The van der Waals surface area contributed by atoms with Crippen molar-refractivity contribution in [1.82, 2.24) is 9.88 Å². The minimum absolute atomic E-state index is 0.884. The SMILES string of the molecule is CN1CCC/C1=N\CCSc1c(Cc2ccccc2)[nH]c2ccccc12. The first kappa shape index (κ1) is 17.2. The van der Waals surface area contributed by atoms with Crippen LogP contribution in [0.4, 0.5) is 0 Å². The Balaban J connectivity index is 1.52. The number of likely N-dealkylation sites (tertiary alicyclic amines) is 1. The van der Waals surface area contributed by atoms with Gasteiger partial charge in [-0.15, -0.1) is 11.8 Å². The van der Waals surface area contributed by atoms with Crippen molar-refractivity contribution in [3.63, 3.8) is 0 Å². The zero-order valence-electron chi connectivity index (χ0n) is 15.2. The molecule has 0 saturated carbocycles. The van der Waals surface area contributed by atoms with Gasteiger partial charge in [-0.05, 0) is 18.1 Å². The van der Waals surface area contributed by atoms with Crippen LogP contribution in [-0.2, 0) is 6.42 Å². The van der Waals surface area contributed by atoms with Gasteiger partial charge in [0.25, 0.3) is 0 Å². The molecule has 0 spiro atoms. The molecule has 1 aliphatic rings. The molecule has 0 amide bonds. The zero-order chi connectivity index (χ0) is 17.8. The fraction of sp³-hybridized carbons (Fsp3) is 0.318. The Morgan fingerprint density at radius 2 is 1.88 bits per heavy atom. The van der Waals surface area contributed by atoms with Gasteiger partial charge in [-0.3, -0.25) is 4.99 Å². The molecule has 1 aliphatic heterocycles. The Bertz CT molecular complexity index is 898. The van der Waals surface area contributed by atoms with Crippen molar-refractivity contribution in [2.75, 3.05) is 25.9 Å². The highest BCUT2D eigenvalue weighted by Crippen LogP contribution is 2.33. The maximum atomic E-state index is 4.81. The summed E-state index contributed by atoms with van der Waals surface area (Å²) >= 11 is 1.93. The quantitative estimate of drug-likeness (QED) is 0.495. The molecular formula is C22H25N3S. The average molecular weight is 364 g/mol. The van der Waals surface area contributed by atoms with Gasteiger partial charge in [0.2, 0.25) is 0 Å². The number of fused-ring (bicyclic) bond motifs is 1. The van der Waals surface area contributed by atoms with Gasteiger partial charge < -0.3 is 9.88 Å². The fourth-order valence-corrected chi connectivity index (χ4v) is 4.60. The molecule has 1 aromatic heterocycles. The van der Waals surface area contributed by atoms with Crippen molar-refractivity contribution in [3.8, 4) is 0 Å². The Morgan fingerprint density at radius 3 is 2.69 bits per heavy atom. The number of amidine groups is 1. The van der Waals surface area contributed by atoms with E-state index >= 15 is 0 Å². The van der Waals surface area contributed by atoms with Gasteiger partial charge in [0.1, 0.15) is 0 Å². The number of H-pyrrole nitrogens is 1. The molecule has 0 unspecified atom stereocenters. The van der Waals surface area contributed by atoms with Crippen LogP contribution in [0.15, 0.2) is 64.5 Å². The van der Waals surface area contributed by atoms with Crippen LogP contribution in [0.5, 0.6) is 0 Å². The molecule has 3 aromatic rings. The molecule has 0 radical (unpaired) electrons. The first-order valence-corrected chi connectivity index (χ1v) is 10.3. The van der Waals surface area contributed by atoms with Crippen LogP contribution in [0, 0.1) is 0 Å². The Kier molecular flexibility index (Phi) is 5.30. The van der Waals surface area contributed by atoms with E-state index in [4.69, 9.17) is 4.99 Å². The summed E-state index contributed by atoms with van der Waals surface area (Å²) in [4.78, 5) is 12.1. The van der Waals surface area contributed by atoms with Crippen LogP contribution in [0.2, 0.25) is 0 Å². The second-order valence-corrected chi connectivity index (χ2v) is 7.92. The highest BCUT2D eigenvalue weighted by atomic mass is 32.2. The van der Waals surface area contributed by atoms with E-state index in [1.165, 1.54) is 39.3 Å². The van der Waals surface area contributed by atoms with Gasteiger partial charge in [0.15, 0.2) is 0 Å². The van der Waals surface area contributed by atoms with E-state index in [2.05, 4.69) is 71.5 Å². The number of benzene rings is 2. The lowest BCUT2D eigenvalue weighted by Gasteiger charge is -2.11. The van der Waals surface area contributed by atoms with Crippen molar-refractivity contribution in [2.24, 2.45) is 4.99 Å². The summed E-state index contributed by atoms with van der Waals surface area (Å²) in [6.45, 7) is 2.03. The second-order valence-electron chi connectivity index (χ2n) is 6.81. The molecule has 4 heteroatoms. The summed E-state index contributed by atoms with van der Waals surface area (Å²) in [5.74, 6) is 2.29. The molecule has 0 bridgehead atoms. The number of aliphatic imine (C=N–C) groups is 1. The van der Waals surface area contributed by atoms with Crippen LogP contribution >= 0.6 is 11.8 Å². The van der Waals surface area contributed by atoms with Gasteiger partial charge >= 0.3 is 0 Å². The van der Waals surface area contributed by atoms with E-state index in [0.29, 0.717) is 0 Å². The maximum absolute atomic E-state index is 4.81. The second kappa shape index (κ2) is 8.00. The Morgan fingerprint density at radius 1 is 1.08 bits per heavy atom. The molecule has 134 valence electrons. The number of nitrogens with zero attached hydrogens (tertiary/aromatic N) is 2. The molecule has 26 heavy (non-hydrogen) atoms. The van der Waals surface area contributed by atoms with Crippen LogP contribution < -0.4 is 0 Å². The molecule has 2 aromatic carbocycles. The summed E-state index contributed by atoms with van der Waals surface area (Å²) < 4.78 is 0. The van der Waals surface area contributed by atoms with Crippen LogP contribution in [0.1, 0.15) is 24.1 Å². The molecule has 0 aliphatic carbocycles. The molecule has 4 rings (SSSR count). The van der Waals surface area contributed by atoms with Gasteiger partial charge in [-0.1, -0.05) is 48.5 Å². The number of rotatable bonds is 6. The van der Waals surface area contributed by atoms with Gasteiger partial charge in [-0.2, -0.15) is 0 Å². The van der Waals surface area contributed by atoms with Crippen molar-refractivity contribution in [3.05, 3.63) is 65.9 Å². The molecule has 1 N–H and O–H groups in total. The lowest BCUT2D eigenvalue weighted by Crippen LogP contribution is -2.19. The van der Waals surface area contributed by atoms with Crippen LogP contribution in [-0.4, -0.2) is 41.6 Å². The number of aromatic amines is 1. The Labute approximate surface area is 159 Å². The zero-order valence-corrected chi connectivity index (χ0v) is 16.1. The number of nitrogens with one attached hydrogen (secondary N) is 1. The molecular weight excluding hydrogens is 338 g/mol. The predicted molar refractivity (Wildman–Crippen MR) is 112 cm³/mol. The van der Waals surface area contributed by atoms with Crippen LogP contribution in [0.3, 0.4) is 0 Å². The first-order valence-electron chi connectivity index (χ1n) is 9.32. The number of thioether (sulfide) groups is 1. The molecule has 2 heterocycles. The van der Waals surface area contributed by atoms with E-state index in [1.54, 1.807) is 0 Å². The van der Waals surface area contributed by atoms with Gasteiger partial charge in [0.05, 0.1) is 12.4 Å². The number of hydrogen-bond acceptors (Lipinski definition) is 2. The third kappa shape index (κ3) is 3.80. The van der Waals surface area contributed by atoms with E-state index in [9.17, 15) is 0 Å². The van der Waals surface area contributed by atoms with E-state index in [0.717, 1.165) is 31.7 Å². The molecule has 3 nitrogen and oxygen atoms in total. The molecule has 1 saturated heterocycles. The van der Waals surface area contributed by atoms with Crippen molar-refractivity contribution >= 4 is 28.5 Å². The van der Waals surface area contributed by atoms with Crippen molar-refractivity contribution < 1.29 is 0 Å².